The minimum atomic E-state index is -0.302. The zero-order valence-corrected chi connectivity index (χ0v) is 18.6. The number of carbonyl (C=O) groups is 1. The molecule has 0 amide bonds. The second-order valence-electron chi connectivity index (χ2n) is 8.48. The molecule has 0 spiro atoms. The maximum atomic E-state index is 12.4. The van der Waals surface area contributed by atoms with E-state index in [4.69, 9.17) is 9.72 Å². The van der Waals surface area contributed by atoms with Gasteiger partial charge in [-0.2, -0.15) is 0 Å². The lowest BCUT2D eigenvalue weighted by Crippen LogP contribution is -2.40. The number of aromatic nitrogens is 3. The Morgan fingerprint density at radius 1 is 1.29 bits per heavy atom. The summed E-state index contributed by atoms with van der Waals surface area (Å²) in [5.41, 5.74) is 4.55. The Labute approximate surface area is 182 Å². The van der Waals surface area contributed by atoms with E-state index in [0.29, 0.717) is 18.5 Å². The van der Waals surface area contributed by atoms with E-state index in [-0.39, 0.29) is 23.7 Å². The van der Waals surface area contributed by atoms with Crippen molar-refractivity contribution in [1.82, 2.24) is 19.4 Å². The Balaban J connectivity index is 1.53. The molecule has 2 aromatic heterocycles. The summed E-state index contributed by atoms with van der Waals surface area (Å²) in [6, 6.07) is 7.72. The largest absolute Gasteiger partial charge is 0.461 e. The highest BCUT2D eigenvalue weighted by atomic mass is 16.5. The van der Waals surface area contributed by atoms with Crippen molar-refractivity contribution in [1.29, 1.82) is 0 Å². The van der Waals surface area contributed by atoms with Crippen molar-refractivity contribution in [3.63, 3.8) is 0 Å². The topological polar surface area (TPSA) is 78.2 Å². The molecule has 0 bridgehead atoms. The van der Waals surface area contributed by atoms with Gasteiger partial charge >= 0.3 is 5.97 Å². The quantitative estimate of drug-likeness (QED) is 0.592. The number of imidazole rings is 1. The summed E-state index contributed by atoms with van der Waals surface area (Å²) in [4.78, 5) is 29.2. The summed E-state index contributed by atoms with van der Waals surface area (Å²) < 4.78 is 9.18. The lowest BCUT2D eigenvalue weighted by atomic mass is 9.96. The number of aryl methyl sites for hydroxylation is 3. The summed E-state index contributed by atoms with van der Waals surface area (Å²) in [5.74, 6) is 0.660. The molecule has 1 aliphatic carbocycles. The van der Waals surface area contributed by atoms with Gasteiger partial charge in [0.1, 0.15) is 18.0 Å². The van der Waals surface area contributed by atoms with Crippen molar-refractivity contribution in [2.24, 2.45) is 14.1 Å². The van der Waals surface area contributed by atoms with Crippen LogP contribution in [0, 0.1) is 6.92 Å². The van der Waals surface area contributed by atoms with Crippen LogP contribution in [-0.4, -0.2) is 32.2 Å². The summed E-state index contributed by atoms with van der Waals surface area (Å²) in [6.07, 6.45) is 5.72. The van der Waals surface area contributed by atoms with E-state index in [1.807, 2.05) is 49.9 Å². The minimum Gasteiger partial charge on any atom is -0.461 e. The van der Waals surface area contributed by atoms with Crippen LogP contribution in [0.4, 0.5) is 0 Å². The van der Waals surface area contributed by atoms with Crippen molar-refractivity contribution in [2.45, 2.75) is 58.2 Å². The summed E-state index contributed by atoms with van der Waals surface area (Å²) in [7, 11) is 3.73. The van der Waals surface area contributed by atoms with Crippen LogP contribution in [0.1, 0.15) is 43.7 Å². The molecule has 31 heavy (non-hydrogen) atoms. The van der Waals surface area contributed by atoms with Gasteiger partial charge in [0, 0.05) is 38.0 Å². The molecular weight excluding hydrogens is 392 g/mol. The number of hydrogen-bond acceptors (Lipinski definition) is 5. The molecule has 2 heterocycles. The van der Waals surface area contributed by atoms with E-state index in [9.17, 15) is 9.59 Å². The summed E-state index contributed by atoms with van der Waals surface area (Å²) in [5, 5.41) is 3.33. The predicted molar refractivity (Wildman–Crippen MR) is 121 cm³/mol. The van der Waals surface area contributed by atoms with Crippen LogP contribution in [0.25, 0.3) is 22.4 Å². The van der Waals surface area contributed by atoms with Crippen molar-refractivity contribution in [3.8, 4) is 11.4 Å². The van der Waals surface area contributed by atoms with E-state index >= 15 is 0 Å². The second-order valence-corrected chi connectivity index (χ2v) is 8.48. The molecule has 1 saturated carbocycles. The van der Waals surface area contributed by atoms with Crippen LogP contribution in [-0.2, 0) is 30.2 Å². The van der Waals surface area contributed by atoms with E-state index in [2.05, 4.69) is 11.4 Å². The Bertz CT molecular complexity index is 1150. The third-order valence-electron chi connectivity index (χ3n) is 6.15. The van der Waals surface area contributed by atoms with Gasteiger partial charge in [0.15, 0.2) is 0 Å². The molecule has 0 aliphatic heterocycles. The van der Waals surface area contributed by atoms with Gasteiger partial charge < -0.3 is 19.2 Å². The van der Waals surface area contributed by atoms with Crippen LogP contribution in [0.15, 0.2) is 35.3 Å². The smallest absolute Gasteiger partial charge is 0.323 e. The Morgan fingerprint density at radius 3 is 2.71 bits per heavy atom. The maximum absolute atomic E-state index is 12.4. The van der Waals surface area contributed by atoms with Gasteiger partial charge in [0.05, 0.1) is 11.0 Å². The van der Waals surface area contributed by atoms with Crippen LogP contribution in [0.5, 0.6) is 0 Å². The number of nitrogens with one attached hydrogen (secondary N) is 1. The number of nitrogens with zero attached hydrogens (tertiary/aromatic N) is 3. The average molecular weight is 423 g/mol. The number of rotatable bonds is 7. The average Bonchev–Trinajstić information content (AvgIpc) is 3.05. The molecule has 0 unspecified atom stereocenters. The zero-order valence-electron chi connectivity index (χ0n) is 18.6. The normalized spacial score (nSPS) is 15.1. The Hall–Kier alpha value is -2.93. The Morgan fingerprint density at radius 2 is 2.06 bits per heavy atom. The molecule has 7 heteroatoms. The molecule has 1 aliphatic rings. The molecule has 1 atom stereocenters. The molecule has 3 aromatic rings. The minimum absolute atomic E-state index is 0.00260. The molecular formula is C24H30N4O3. The first-order valence-corrected chi connectivity index (χ1v) is 10.9. The summed E-state index contributed by atoms with van der Waals surface area (Å²) in [6.45, 7) is 4.38. The van der Waals surface area contributed by atoms with Gasteiger partial charge in [-0.15, -0.1) is 0 Å². The first-order valence-electron chi connectivity index (χ1n) is 10.9. The molecule has 1 N–H and O–H groups in total. The highest BCUT2D eigenvalue weighted by Gasteiger charge is 2.25. The second kappa shape index (κ2) is 8.67. The molecule has 4 rings (SSSR count). The molecule has 1 aromatic carbocycles. The third kappa shape index (κ3) is 4.28. The SMILES string of the molecule is CC[C@H](NCc1ccc2c(c1)nc(-c1cc(C)c(=O)n(C)c1)n2C)C(=O)OC1CCC1. The summed E-state index contributed by atoms with van der Waals surface area (Å²) >= 11 is 0. The van der Waals surface area contributed by atoms with E-state index in [1.165, 1.54) is 0 Å². The Kier molecular flexibility index (Phi) is 5.96. The van der Waals surface area contributed by atoms with Crippen LogP contribution in [0.2, 0.25) is 0 Å². The zero-order chi connectivity index (χ0) is 22.1. The van der Waals surface area contributed by atoms with Gasteiger partial charge in [-0.05, 0) is 56.4 Å². The third-order valence-corrected chi connectivity index (χ3v) is 6.15. The standard InChI is InChI=1S/C24H30N4O3/c1-5-19(24(30)31-18-7-6-8-18)25-13-16-9-10-21-20(12-16)26-22(28(21)4)17-11-15(2)23(29)27(3)14-17/h9-12,14,18-19,25H,5-8,13H2,1-4H3/t19-/m0/s1. The molecule has 0 radical (unpaired) electrons. The highest BCUT2D eigenvalue weighted by molar-refractivity contribution is 5.81. The first-order chi connectivity index (χ1) is 14.9. The fourth-order valence-electron chi connectivity index (χ4n) is 3.98. The van der Waals surface area contributed by atoms with E-state index < -0.39 is 0 Å². The van der Waals surface area contributed by atoms with Crippen molar-refractivity contribution >= 4 is 17.0 Å². The van der Waals surface area contributed by atoms with Gasteiger partial charge in [-0.25, -0.2) is 4.98 Å². The van der Waals surface area contributed by atoms with Crippen LogP contribution in [0.3, 0.4) is 0 Å². The van der Waals surface area contributed by atoms with Crippen LogP contribution < -0.4 is 10.9 Å². The molecule has 1 fully saturated rings. The van der Waals surface area contributed by atoms with Gasteiger partial charge in [0.2, 0.25) is 0 Å². The van der Waals surface area contributed by atoms with Gasteiger partial charge in [0.25, 0.3) is 5.56 Å². The lowest BCUT2D eigenvalue weighted by molar-refractivity contribution is -0.155. The number of pyridine rings is 1. The van der Waals surface area contributed by atoms with E-state index in [0.717, 1.165) is 47.2 Å². The van der Waals surface area contributed by atoms with Crippen molar-refractivity contribution in [2.75, 3.05) is 0 Å². The number of esters is 1. The fourth-order valence-corrected chi connectivity index (χ4v) is 3.98. The van der Waals surface area contributed by atoms with Crippen molar-refractivity contribution < 1.29 is 9.53 Å². The number of ether oxygens (including phenoxy) is 1. The van der Waals surface area contributed by atoms with Gasteiger partial charge in [-0.3, -0.25) is 9.59 Å². The first kappa shape index (κ1) is 21.3. The van der Waals surface area contributed by atoms with Crippen LogP contribution >= 0.6 is 0 Å². The number of carbonyl (C=O) groups excluding carboxylic acids is 1. The molecule has 164 valence electrons. The predicted octanol–water partition coefficient (Wildman–Crippen LogP) is 3.21. The number of fused-ring (bicyclic) bond motifs is 1. The van der Waals surface area contributed by atoms with E-state index in [1.54, 1.807) is 11.6 Å². The number of benzene rings is 1. The highest BCUT2D eigenvalue weighted by Crippen LogP contribution is 2.25. The monoisotopic (exact) mass is 422 g/mol. The molecule has 7 nitrogen and oxygen atoms in total. The maximum Gasteiger partial charge on any atom is 0.323 e. The van der Waals surface area contributed by atoms with Crippen molar-refractivity contribution in [3.05, 3.63) is 51.9 Å². The molecule has 0 saturated heterocycles. The van der Waals surface area contributed by atoms with Gasteiger partial charge in [-0.1, -0.05) is 13.0 Å². The fraction of sp³-hybridized carbons (Fsp3) is 0.458. The lowest BCUT2D eigenvalue weighted by Gasteiger charge is -2.27. The number of hydrogen-bond donors (Lipinski definition) is 1.